The van der Waals surface area contributed by atoms with Gasteiger partial charge in [-0.2, -0.15) is 0 Å². The van der Waals surface area contributed by atoms with Crippen LogP contribution < -0.4 is 0 Å². The van der Waals surface area contributed by atoms with E-state index in [-0.39, 0.29) is 6.10 Å². The summed E-state index contributed by atoms with van der Waals surface area (Å²) in [6, 6.07) is 11.2. The van der Waals surface area contributed by atoms with Crippen LogP contribution in [0.1, 0.15) is 22.8 Å². The van der Waals surface area contributed by atoms with Crippen LogP contribution in [0.15, 0.2) is 55.1 Å². The third-order valence-electron chi connectivity index (χ3n) is 3.99. The molecule has 0 saturated heterocycles. The van der Waals surface area contributed by atoms with E-state index in [1.807, 2.05) is 48.0 Å². The first-order valence-corrected chi connectivity index (χ1v) is 8.93. The molecule has 0 amide bonds. The Morgan fingerprint density at radius 1 is 1.08 bits per heavy atom. The van der Waals surface area contributed by atoms with E-state index in [0.29, 0.717) is 23.2 Å². The summed E-state index contributed by atoms with van der Waals surface area (Å²) in [6.07, 6.45) is 5.17. The Balaban J connectivity index is 1.83. The molecule has 3 aromatic rings. The molecule has 1 atom stereocenters. The van der Waals surface area contributed by atoms with Crippen molar-refractivity contribution < 1.29 is 4.74 Å². The van der Waals surface area contributed by atoms with E-state index in [0.717, 1.165) is 21.7 Å². The molecule has 0 aliphatic rings. The summed E-state index contributed by atoms with van der Waals surface area (Å²) in [5, 5.41) is 1.91. The average Bonchev–Trinajstić information content (AvgIpc) is 3.06. The van der Waals surface area contributed by atoms with Crippen molar-refractivity contribution in [1.29, 1.82) is 0 Å². The molecule has 1 unspecified atom stereocenters. The highest BCUT2D eigenvalue weighted by atomic mass is 35.5. The molecular formula is C19H17Cl3N2O. The summed E-state index contributed by atoms with van der Waals surface area (Å²) in [6.45, 7) is 3.08. The Labute approximate surface area is 162 Å². The first-order chi connectivity index (χ1) is 12.0. The summed E-state index contributed by atoms with van der Waals surface area (Å²) in [5.41, 5.74) is 3.08. The molecule has 130 valence electrons. The Bertz CT molecular complexity index is 850. The number of nitrogens with zero attached hydrogens (tertiary/aromatic N) is 2. The molecule has 0 N–H and O–H groups in total. The highest BCUT2D eigenvalue weighted by Crippen LogP contribution is 2.30. The van der Waals surface area contributed by atoms with E-state index in [1.54, 1.807) is 18.6 Å². The number of rotatable bonds is 6. The van der Waals surface area contributed by atoms with E-state index in [1.165, 1.54) is 0 Å². The van der Waals surface area contributed by atoms with Gasteiger partial charge < -0.3 is 9.30 Å². The quantitative estimate of drug-likeness (QED) is 0.503. The lowest BCUT2D eigenvalue weighted by molar-refractivity contribution is 0.0278. The first kappa shape index (κ1) is 18.3. The maximum atomic E-state index is 6.39. The van der Waals surface area contributed by atoms with Gasteiger partial charge in [0.1, 0.15) is 6.10 Å². The van der Waals surface area contributed by atoms with Crippen molar-refractivity contribution in [3.8, 4) is 0 Å². The lowest BCUT2D eigenvalue weighted by atomic mass is 10.1. The lowest BCUT2D eigenvalue weighted by Crippen LogP contribution is -2.13. The minimum Gasteiger partial charge on any atom is -0.367 e. The van der Waals surface area contributed by atoms with Gasteiger partial charge in [-0.05, 0) is 42.3 Å². The number of benzene rings is 2. The monoisotopic (exact) mass is 394 g/mol. The lowest BCUT2D eigenvalue weighted by Gasteiger charge is -2.21. The molecule has 3 rings (SSSR count). The third-order valence-corrected chi connectivity index (χ3v) is 4.79. The molecule has 1 aromatic heterocycles. The van der Waals surface area contributed by atoms with Crippen LogP contribution in [0.5, 0.6) is 0 Å². The Morgan fingerprint density at radius 3 is 2.52 bits per heavy atom. The van der Waals surface area contributed by atoms with Crippen molar-refractivity contribution in [3.05, 3.63) is 86.9 Å². The van der Waals surface area contributed by atoms with Crippen LogP contribution in [0.2, 0.25) is 15.1 Å². The van der Waals surface area contributed by atoms with E-state index in [2.05, 4.69) is 4.98 Å². The predicted octanol–water partition coefficient (Wildman–Crippen LogP) is 6.11. The zero-order valence-corrected chi connectivity index (χ0v) is 15.9. The normalized spacial score (nSPS) is 12.3. The average molecular weight is 396 g/mol. The summed E-state index contributed by atoms with van der Waals surface area (Å²) >= 11 is 18.4. The Kier molecular flexibility index (Phi) is 6.02. The fourth-order valence-corrected chi connectivity index (χ4v) is 3.36. The minimum absolute atomic E-state index is 0.228. The number of aryl methyl sites for hydroxylation is 1. The van der Waals surface area contributed by atoms with Crippen LogP contribution in [0.3, 0.4) is 0 Å². The fraction of sp³-hybridized carbons (Fsp3) is 0.211. The molecule has 6 heteroatoms. The van der Waals surface area contributed by atoms with Gasteiger partial charge in [-0.1, -0.05) is 46.9 Å². The molecule has 0 saturated carbocycles. The van der Waals surface area contributed by atoms with E-state index in [4.69, 9.17) is 39.5 Å². The molecule has 0 bridgehead atoms. The van der Waals surface area contributed by atoms with E-state index >= 15 is 0 Å². The maximum Gasteiger partial charge on any atom is 0.102 e. The van der Waals surface area contributed by atoms with Crippen LogP contribution in [-0.2, 0) is 17.9 Å². The highest BCUT2D eigenvalue weighted by molar-refractivity contribution is 6.35. The van der Waals surface area contributed by atoms with Crippen LogP contribution in [0.4, 0.5) is 0 Å². The summed E-state index contributed by atoms with van der Waals surface area (Å²) in [4.78, 5) is 4.09. The molecule has 0 fully saturated rings. The van der Waals surface area contributed by atoms with Crippen molar-refractivity contribution in [2.24, 2.45) is 0 Å². The van der Waals surface area contributed by atoms with Gasteiger partial charge in [0.25, 0.3) is 0 Å². The molecule has 25 heavy (non-hydrogen) atoms. The summed E-state index contributed by atoms with van der Waals surface area (Å²) < 4.78 is 8.17. The molecule has 0 radical (unpaired) electrons. The van der Waals surface area contributed by atoms with Gasteiger partial charge in [0.05, 0.1) is 19.5 Å². The summed E-state index contributed by atoms with van der Waals surface area (Å²) in [5.74, 6) is 0. The zero-order chi connectivity index (χ0) is 17.8. The number of hydrogen-bond donors (Lipinski definition) is 0. The van der Waals surface area contributed by atoms with Gasteiger partial charge in [0.2, 0.25) is 0 Å². The van der Waals surface area contributed by atoms with Crippen molar-refractivity contribution in [1.82, 2.24) is 9.55 Å². The van der Waals surface area contributed by atoms with Gasteiger partial charge in [-0.3, -0.25) is 0 Å². The first-order valence-electron chi connectivity index (χ1n) is 7.80. The Hall–Kier alpha value is -1.52. The predicted molar refractivity (Wildman–Crippen MR) is 102 cm³/mol. The third kappa shape index (κ3) is 4.77. The van der Waals surface area contributed by atoms with Gasteiger partial charge in [0, 0.05) is 33.0 Å². The number of aromatic nitrogens is 2. The number of halogens is 3. The number of imidazole rings is 1. The molecule has 0 aliphatic heterocycles. The molecular weight excluding hydrogens is 379 g/mol. The minimum atomic E-state index is -0.228. The fourth-order valence-electron chi connectivity index (χ4n) is 2.60. The van der Waals surface area contributed by atoms with Crippen molar-refractivity contribution in [2.45, 2.75) is 26.2 Å². The molecule has 1 heterocycles. The zero-order valence-electron chi connectivity index (χ0n) is 13.6. The SMILES string of the molecule is Cc1cc(Cl)ccc1COC(Cn1ccnc1)c1ccc(Cl)cc1Cl. The topological polar surface area (TPSA) is 27.1 Å². The van der Waals surface area contributed by atoms with Crippen LogP contribution >= 0.6 is 34.8 Å². The molecule has 0 spiro atoms. The number of hydrogen-bond acceptors (Lipinski definition) is 2. The standard InChI is InChI=1S/C19H17Cl3N2O/c1-13-8-15(20)3-2-14(13)11-25-19(10-24-7-6-23-12-24)17-5-4-16(21)9-18(17)22/h2-9,12,19H,10-11H2,1H3. The van der Waals surface area contributed by atoms with E-state index < -0.39 is 0 Å². The van der Waals surface area contributed by atoms with Gasteiger partial charge in [0.15, 0.2) is 0 Å². The highest BCUT2D eigenvalue weighted by Gasteiger charge is 2.17. The molecule has 3 nitrogen and oxygen atoms in total. The smallest absolute Gasteiger partial charge is 0.102 e. The second-order valence-electron chi connectivity index (χ2n) is 5.80. The molecule has 2 aromatic carbocycles. The second kappa shape index (κ2) is 8.24. The van der Waals surface area contributed by atoms with Crippen molar-refractivity contribution >= 4 is 34.8 Å². The van der Waals surface area contributed by atoms with Gasteiger partial charge in [-0.15, -0.1) is 0 Å². The van der Waals surface area contributed by atoms with Crippen molar-refractivity contribution in [2.75, 3.05) is 0 Å². The maximum absolute atomic E-state index is 6.39. The summed E-state index contributed by atoms with van der Waals surface area (Å²) in [7, 11) is 0. The number of ether oxygens (including phenoxy) is 1. The van der Waals surface area contributed by atoms with Gasteiger partial charge >= 0.3 is 0 Å². The van der Waals surface area contributed by atoms with Crippen molar-refractivity contribution in [3.63, 3.8) is 0 Å². The largest absolute Gasteiger partial charge is 0.367 e. The van der Waals surface area contributed by atoms with Gasteiger partial charge in [-0.25, -0.2) is 4.98 Å². The van der Waals surface area contributed by atoms with Crippen LogP contribution in [-0.4, -0.2) is 9.55 Å². The molecule has 0 aliphatic carbocycles. The Morgan fingerprint density at radius 2 is 1.84 bits per heavy atom. The van der Waals surface area contributed by atoms with Crippen LogP contribution in [0, 0.1) is 6.92 Å². The van der Waals surface area contributed by atoms with E-state index in [9.17, 15) is 0 Å². The van der Waals surface area contributed by atoms with Crippen LogP contribution in [0.25, 0.3) is 0 Å². The second-order valence-corrected chi connectivity index (χ2v) is 7.08.